The Hall–Kier alpha value is -2.80. The number of fused-ring (bicyclic) bond motifs is 1. The predicted octanol–water partition coefficient (Wildman–Crippen LogP) is 2.83. The molecular weight excluding hydrogens is 336 g/mol. The van der Waals surface area contributed by atoms with E-state index in [0.29, 0.717) is 5.56 Å². The van der Waals surface area contributed by atoms with Crippen LogP contribution in [0.15, 0.2) is 52.7 Å². The third-order valence-corrected chi connectivity index (χ3v) is 4.69. The number of rotatable bonds is 5. The highest BCUT2D eigenvalue weighted by atomic mass is 32.2. The molecule has 0 aliphatic rings. The van der Waals surface area contributed by atoms with Crippen molar-refractivity contribution >= 4 is 34.9 Å². The third kappa shape index (κ3) is 4.00. The van der Waals surface area contributed by atoms with Gasteiger partial charge in [-0.15, -0.1) is 0 Å². The second kappa shape index (κ2) is 7.40. The van der Waals surface area contributed by atoms with Gasteiger partial charge in [-0.3, -0.25) is 4.79 Å². The number of carbonyl (C=O) groups excluding carboxylic acids is 1. The van der Waals surface area contributed by atoms with Gasteiger partial charge in [0.25, 0.3) is 5.91 Å². The van der Waals surface area contributed by atoms with Crippen molar-refractivity contribution in [3.05, 3.63) is 53.6 Å². The van der Waals surface area contributed by atoms with E-state index in [1.807, 2.05) is 48.9 Å². The Morgan fingerprint density at radius 3 is 2.92 bits per heavy atom. The smallest absolute Gasteiger partial charge is 0.250 e. The third-order valence-electron chi connectivity index (χ3n) is 3.66. The molecule has 3 rings (SSSR count). The van der Waals surface area contributed by atoms with Crippen molar-refractivity contribution in [2.45, 2.75) is 12.1 Å². The molecule has 25 heavy (non-hydrogen) atoms. The van der Waals surface area contributed by atoms with Gasteiger partial charge in [-0.05, 0) is 36.8 Å². The lowest BCUT2D eigenvalue weighted by molar-refractivity contribution is -0.118. The number of carbonyl (C=O) groups is 1. The van der Waals surface area contributed by atoms with Crippen LogP contribution in [0.3, 0.4) is 0 Å². The number of hydrogen-bond acceptors (Lipinski definition) is 5. The van der Waals surface area contributed by atoms with E-state index < -0.39 is 0 Å². The first-order valence-corrected chi connectivity index (χ1v) is 8.69. The highest BCUT2D eigenvalue weighted by Crippen LogP contribution is 2.22. The number of hydrogen-bond donors (Lipinski definition) is 2. The van der Waals surface area contributed by atoms with Gasteiger partial charge in [0, 0.05) is 12.6 Å². The number of imidazole rings is 1. The SMILES string of the molecule is Cc1ccc(/C=N/NC(=O)CSc2nc3ccccc3n2C)c(O)c1. The zero-order valence-corrected chi connectivity index (χ0v) is 14.7. The molecule has 0 unspecified atom stereocenters. The van der Waals surface area contributed by atoms with E-state index in [1.165, 1.54) is 18.0 Å². The van der Waals surface area contributed by atoms with E-state index in [2.05, 4.69) is 15.5 Å². The van der Waals surface area contributed by atoms with Crippen molar-refractivity contribution in [1.29, 1.82) is 0 Å². The summed E-state index contributed by atoms with van der Waals surface area (Å²) in [6.45, 7) is 1.89. The fourth-order valence-corrected chi connectivity index (χ4v) is 3.13. The summed E-state index contributed by atoms with van der Waals surface area (Å²) in [5, 5.41) is 14.4. The second-order valence-electron chi connectivity index (χ2n) is 5.59. The van der Waals surface area contributed by atoms with E-state index in [9.17, 15) is 9.90 Å². The fraction of sp³-hybridized carbons (Fsp3) is 0.167. The summed E-state index contributed by atoms with van der Waals surface area (Å²) in [6, 6.07) is 13.1. The van der Waals surface area contributed by atoms with Gasteiger partial charge in [0.1, 0.15) is 5.75 Å². The molecule has 3 aromatic rings. The van der Waals surface area contributed by atoms with Gasteiger partial charge in [0.15, 0.2) is 5.16 Å². The maximum absolute atomic E-state index is 11.9. The average molecular weight is 354 g/mol. The molecule has 1 heterocycles. The Kier molecular flexibility index (Phi) is 5.04. The Labute approximate surface area is 149 Å². The molecule has 0 spiro atoms. The van der Waals surface area contributed by atoms with E-state index >= 15 is 0 Å². The number of aromatic hydroxyl groups is 1. The van der Waals surface area contributed by atoms with E-state index in [4.69, 9.17) is 0 Å². The standard InChI is InChI=1S/C18H18N4O2S/c1-12-7-8-13(16(23)9-12)10-19-21-17(24)11-25-18-20-14-5-3-4-6-15(14)22(18)2/h3-10,23H,11H2,1-2H3,(H,21,24)/b19-10+. The highest BCUT2D eigenvalue weighted by Gasteiger charge is 2.09. The molecule has 0 fully saturated rings. The minimum atomic E-state index is -0.236. The average Bonchev–Trinajstić information content (AvgIpc) is 2.91. The first-order valence-electron chi connectivity index (χ1n) is 7.70. The second-order valence-corrected chi connectivity index (χ2v) is 6.53. The Morgan fingerprint density at radius 2 is 2.16 bits per heavy atom. The summed E-state index contributed by atoms with van der Waals surface area (Å²) in [7, 11) is 1.92. The number of nitrogens with one attached hydrogen (secondary N) is 1. The summed E-state index contributed by atoms with van der Waals surface area (Å²) in [5.74, 6) is 0.0981. The number of para-hydroxylation sites is 2. The van der Waals surface area contributed by atoms with Gasteiger partial charge in [-0.1, -0.05) is 30.0 Å². The lowest BCUT2D eigenvalue weighted by atomic mass is 10.1. The van der Waals surface area contributed by atoms with Crippen molar-refractivity contribution in [3.63, 3.8) is 0 Å². The molecule has 6 nitrogen and oxygen atoms in total. The summed E-state index contributed by atoms with van der Waals surface area (Å²) in [5.41, 5.74) is 5.89. The van der Waals surface area contributed by atoms with E-state index in [0.717, 1.165) is 21.8 Å². The van der Waals surface area contributed by atoms with Crippen LogP contribution < -0.4 is 5.43 Å². The van der Waals surface area contributed by atoms with Crippen LogP contribution in [0, 0.1) is 6.92 Å². The van der Waals surface area contributed by atoms with Crippen molar-refractivity contribution in [1.82, 2.24) is 15.0 Å². The van der Waals surface area contributed by atoms with Crippen LogP contribution in [0.5, 0.6) is 5.75 Å². The first-order chi connectivity index (χ1) is 12.0. The van der Waals surface area contributed by atoms with Gasteiger partial charge < -0.3 is 9.67 Å². The number of aryl methyl sites for hydroxylation is 2. The van der Waals surface area contributed by atoms with Gasteiger partial charge in [-0.2, -0.15) is 5.10 Å². The fourth-order valence-electron chi connectivity index (χ4n) is 2.35. The summed E-state index contributed by atoms with van der Waals surface area (Å²) in [6.07, 6.45) is 1.42. The molecule has 2 N–H and O–H groups in total. The van der Waals surface area contributed by atoms with Gasteiger partial charge >= 0.3 is 0 Å². The molecule has 7 heteroatoms. The van der Waals surface area contributed by atoms with Crippen molar-refractivity contribution in [2.24, 2.45) is 12.1 Å². The Morgan fingerprint density at radius 1 is 1.36 bits per heavy atom. The predicted molar refractivity (Wildman–Crippen MR) is 100 cm³/mol. The van der Waals surface area contributed by atoms with Crippen LogP contribution in [0.1, 0.15) is 11.1 Å². The molecular formula is C18H18N4O2S. The minimum absolute atomic E-state index is 0.132. The van der Waals surface area contributed by atoms with Crippen LogP contribution in [0.25, 0.3) is 11.0 Å². The number of thioether (sulfide) groups is 1. The quantitative estimate of drug-likeness (QED) is 0.419. The molecule has 0 atom stereocenters. The summed E-state index contributed by atoms with van der Waals surface area (Å²) < 4.78 is 1.96. The maximum atomic E-state index is 11.9. The lowest BCUT2D eigenvalue weighted by Gasteiger charge is -2.02. The van der Waals surface area contributed by atoms with Crippen LogP contribution >= 0.6 is 11.8 Å². The van der Waals surface area contributed by atoms with Gasteiger partial charge in [-0.25, -0.2) is 10.4 Å². The first kappa shape index (κ1) is 17.0. The van der Waals surface area contributed by atoms with Crippen molar-refractivity contribution in [2.75, 3.05) is 5.75 Å². The molecule has 0 radical (unpaired) electrons. The zero-order chi connectivity index (χ0) is 17.8. The number of nitrogens with zero attached hydrogens (tertiary/aromatic N) is 3. The monoisotopic (exact) mass is 354 g/mol. The Balaban J connectivity index is 1.57. The number of phenolic OH excluding ortho intramolecular Hbond substituents is 1. The highest BCUT2D eigenvalue weighted by molar-refractivity contribution is 7.99. The van der Waals surface area contributed by atoms with E-state index in [-0.39, 0.29) is 17.4 Å². The number of aromatic nitrogens is 2. The topological polar surface area (TPSA) is 79.5 Å². The summed E-state index contributed by atoms with van der Waals surface area (Å²) in [4.78, 5) is 16.4. The van der Waals surface area contributed by atoms with Crippen LogP contribution in [0.2, 0.25) is 0 Å². The van der Waals surface area contributed by atoms with Crippen LogP contribution in [0.4, 0.5) is 0 Å². The molecule has 0 aliphatic heterocycles. The minimum Gasteiger partial charge on any atom is -0.507 e. The van der Waals surface area contributed by atoms with E-state index in [1.54, 1.807) is 12.1 Å². The van der Waals surface area contributed by atoms with Crippen LogP contribution in [-0.4, -0.2) is 32.5 Å². The molecule has 0 bridgehead atoms. The van der Waals surface area contributed by atoms with Crippen LogP contribution in [-0.2, 0) is 11.8 Å². The molecule has 1 aromatic heterocycles. The number of phenols is 1. The maximum Gasteiger partial charge on any atom is 0.250 e. The largest absolute Gasteiger partial charge is 0.507 e. The number of amides is 1. The van der Waals surface area contributed by atoms with Gasteiger partial charge in [0.05, 0.1) is 23.0 Å². The molecule has 2 aromatic carbocycles. The molecule has 128 valence electrons. The normalized spacial score (nSPS) is 11.3. The van der Waals surface area contributed by atoms with Crippen molar-refractivity contribution in [3.8, 4) is 5.75 Å². The summed E-state index contributed by atoms with van der Waals surface area (Å²) >= 11 is 1.35. The zero-order valence-electron chi connectivity index (χ0n) is 13.9. The number of hydrazone groups is 1. The lowest BCUT2D eigenvalue weighted by Crippen LogP contribution is -2.19. The molecule has 0 saturated heterocycles. The molecule has 1 amide bonds. The number of benzene rings is 2. The molecule has 0 saturated carbocycles. The molecule has 0 aliphatic carbocycles. The Bertz CT molecular complexity index is 949. The van der Waals surface area contributed by atoms with Crippen molar-refractivity contribution < 1.29 is 9.90 Å². The van der Waals surface area contributed by atoms with Gasteiger partial charge in [0.2, 0.25) is 0 Å².